The Morgan fingerprint density at radius 1 is 1.43 bits per heavy atom. The van der Waals surface area contributed by atoms with Gasteiger partial charge in [-0.15, -0.1) is 0 Å². The second kappa shape index (κ2) is 2.64. The van der Waals surface area contributed by atoms with Crippen molar-refractivity contribution in [3.05, 3.63) is 22.8 Å². The molecule has 0 bridgehead atoms. The Bertz CT molecular complexity index is 502. The molecular formula is C10H8ClNO2. The predicted octanol–water partition coefficient (Wildman–Crippen LogP) is 3.06. The summed E-state index contributed by atoms with van der Waals surface area (Å²) in [6, 6.07) is 3.06. The molecule has 0 radical (unpaired) electrons. The Morgan fingerprint density at radius 3 is 2.93 bits per heavy atom. The molecule has 4 heteroatoms. The minimum atomic E-state index is 0.112. The summed E-state index contributed by atoms with van der Waals surface area (Å²) in [4.78, 5) is 0. The summed E-state index contributed by atoms with van der Waals surface area (Å²) in [6.45, 7) is 0. The van der Waals surface area contributed by atoms with Crippen molar-refractivity contribution >= 4 is 22.6 Å². The van der Waals surface area contributed by atoms with Gasteiger partial charge >= 0.3 is 0 Å². The lowest BCUT2D eigenvalue weighted by Crippen LogP contribution is -1.79. The fourth-order valence-electron chi connectivity index (χ4n) is 1.67. The van der Waals surface area contributed by atoms with Crippen LogP contribution in [0.25, 0.3) is 11.0 Å². The normalized spacial score (nSPS) is 16.4. The average Bonchev–Trinajstić information content (AvgIpc) is 2.87. The number of aromatic hydroxyl groups is 1. The van der Waals surface area contributed by atoms with Gasteiger partial charge in [-0.25, -0.2) is 0 Å². The number of fused-ring (bicyclic) bond motifs is 1. The summed E-state index contributed by atoms with van der Waals surface area (Å²) < 4.78 is 5.12. The zero-order chi connectivity index (χ0) is 9.71. The summed E-state index contributed by atoms with van der Waals surface area (Å²) in [5.74, 6) is 0.610. The van der Waals surface area contributed by atoms with Gasteiger partial charge in [0.1, 0.15) is 5.75 Å². The van der Waals surface area contributed by atoms with Gasteiger partial charge in [-0.1, -0.05) is 16.8 Å². The van der Waals surface area contributed by atoms with Crippen LogP contribution in [-0.2, 0) is 0 Å². The van der Waals surface area contributed by atoms with Gasteiger partial charge in [0.15, 0.2) is 5.58 Å². The van der Waals surface area contributed by atoms with E-state index >= 15 is 0 Å². The van der Waals surface area contributed by atoms with Crippen LogP contribution in [0, 0.1) is 0 Å². The molecule has 2 aromatic rings. The number of phenols is 1. The van der Waals surface area contributed by atoms with Gasteiger partial charge in [-0.05, 0) is 18.9 Å². The van der Waals surface area contributed by atoms with Crippen molar-refractivity contribution in [3.8, 4) is 5.75 Å². The first kappa shape index (κ1) is 8.12. The molecule has 1 N–H and O–H groups in total. The van der Waals surface area contributed by atoms with Crippen LogP contribution < -0.4 is 0 Å². The van der Waals surface area contributed by atoms with Crippen molar-refractivity contribution in [2.24, 2.45) is 0 Å². The van der Waals surface area contributed by atoms with Crippen LogP contribution in [0.2, 0.25) is 5.02 Å². The monoisotopic (exact) mass is 209 g/mol. The third-order valence-corrected chi connectivity index (χ3v) is 2.80. The van der Waals surface area contributed by atoms with Crippen LogP contribution in [0.15, 0.2) is 16.7 Å². The molecule has 0 amide bonds. The molecule has 1 aliphatic rings. The molecule has 1 heterocycles. The first-order valence-corrected chi connectivity index (χ1v) is 4.91. The van der Waals surface area contributed by atoms with Crippen molar-refractivity contribution in [2.75, 3.05) is 0 Å². The zero-order valence-corrected chi connectivity index (χ0v) is 8.08. The average molecular weight is 210 g/mol. The third kappa shape index (κ3) is 1.09. The lowest BCUT2D eigenvalue weighted by atomic mass is 10.1. The Labute approximate surface area is 85.3 Å². The van der Waals surface area contributed by atoms with Gasteiger partial charge in [-0.2, -0.15) is 0 Å². The quantitative estimate of drug-likeness (QED) is 0.785. The van der Waals surface area contributed by atoms with Gasteiger partial charge < -0.3 is 9.63 Å². The highest BCUT2D eigenvalue weighted by Crippen LogP contribution is 2.44. The van der Waals surface area contributed by atoms with Gasteiger partial charge in [0.2, 0.25) is 0 Å². The maximum absolute atomic E-state index is 9.30. The Morgan fingerprint density at radius 2 is 2.21 bits per heavy atom. The molecule has 0 aliphatic heterocycles. The summed E-state index contributed by atoms with van der Waals surface area (Å²) in [7, 11) is 0. The highest BCUT2D eigenvalue weighted by Gasteiger charge is 2.30. The van der Waals surface area contributed by atoms with Crippen molar-refractivity contribution in [2.45, 2.75) is 18.8 Å². The highest BCUT2D eigenvalue weighted by atomic mass is 35.5. The standard InChI is InChI=1S/C10H8ClNO2/c11-7-3-6(13)4-8-9(7)10(12-14-8)5-1-2-5/h3-5,13H,1-2H2. The summed E-state index contributed by atoms with van der Waals surface area (Å²) in [5.41, 5.74) is 1.50. The van der Waals surface area contributed by atoms with Crippen molar-refractivity contribution in [3.63, 3.8) is 0 Å². The molecule has 1 aromatic heterocycles. The SMILES string of the molecule is Oc1cc(Cl)c2c(C3CC3)noc2c1. The van der Waals surface area contributed by atoms with E-state index in [4.69, 9.17) is 16.1 Å². The minimum Gasteiger partial charge on any atom is -0.508 e. The minimum absolute atomic E-state index is 0.112. The fraction of sp³-hybridized carbons (Fsp3) is 0.300. The van der Waals surface area contributed by atoms with Gasteiger partial charge in [-0.3, -0.25) is 0 Å². The van der Waals surface area contributed by atoms with Crippen LogP contribution in [0.5, 0.6) is 5.75 Å². The number of nitrogens with zero attached hydrogens (tertiary/aromatic N) is 1. The van der Waals surface area contributed by atoms with E-state index in [9.17, 15) is 5.11 Å². The smallest absolute Gasteiger partial charge is 0.172 e. The maximum Gasteiger partial charge on any atom is 0.172 e. The van der Waals surface area contributed by atoms with Gasteiger partial charge in [0.25, 0.3) is 0 Å². The predicted molar refractivity (Wildman–Crippen MR) is 52.7 cm³/mol. The van der Waals surface area contributed by atoms with Crippen LogP contribution in [0.1, 0.15) is 24.5 Å². The second-order valence-electron chi connectivity index (χ2n) is 3.64. The Hall–Kier alpha value is -1.22. The molecule has 72 valence electrons. The maximum atomic E-state index is 9.30. The summed E-state index contributed by atoms with van der Waals surface area (Å²) in [6.07, 6.45) is 2.30. The number of rotatable bonds is 1. The Kier molecular flexibility index (Phi) is 1.53. The molecule has 0 saturated heterocycles. The number of benzene rings is 1. The number of hydrogen-bond acceptors (Lipinski definition) is 3. The number of halogens is 1. The molecule has 3 rings (SSSR count). The summed E-state index contributed by atoms with van der Waals surface area (Å²) in [5, 5.41) is 14.7. The van der Waals surface area contributed by atoms with Crippen molar-refractivity contribution in [1.82, 2.24) is 5.16 Å². The molecular weight excluding hydrogens is 202 g/mol. The molecule has 0 unspecified atom stereocenters. The van der Waals surface area contributed by atoms with Gasteiger partial charge in [0.05, 0.1) is 16.1 Å². The number of hydrogen-bond donors (Lipinski definition) is 1. The van der Waals surface area contributed by atoms with Crippen LogP contribution in [0.3, 0.4) is 0 Å². The fourth-order valence-corrected chi connectivity index (χ4v) is 1.97. The van der Waals surface area contributed by atoms with E-state index in [2.05, 4.69) is 5.16 Å². The highest BCUT2D eigenvalue weighted by molar-refractivity contribution is 6.35. The van der Waals surface area contributed by atoms with Crippen molar-refractivity contribution in [1.29, 1.82) is 0 Å². The van der Waals surface area contributed by atoms with E-state index in [0.717, 1.165) is 23.9 Å². The zero-order valence-electron chi connectivity index (χ0n) is 7.33. The molecule has 1 aliphatic carbocycles. The van der Waals surface area contributed by atoms with E-state index in [1.165, 1.54) is 6.07 Å². The van der Waals surface area contributed by atoms with Crippen molar-refractivity contribution < 1.29 is 9.63 Å². The molecule has 1 fully saturated rings. The number of aromatic nitrogens is 1. The molecule has 1 saturated carbocycles. The van der Waals surface area contributed by atoms with Crippen LogP contribution >= 0.6 is 11.6 Å². The molecule has 1 aromatic carbocycles. The van der Waals surface area contributed by atoms with E-state index < -0.39 is 0 Å². The lowest BCUT2D eigenvalue weighted by Gasteiger charge is -1.95. The first-order valence-electron chi connectivity index (χ1n) is 4.53. The lowest BCUT2D eigenvalue weighted by molar-refractivity contribution is 0.441. The van der Waals surface area contributed by atoms with E-state index in [0.29, 0.717) is 16.5 Å². The largest absolute Gasteiger partial charge is 0.508 e. The molecule has 0 spiro atoms. The molecule has 14 heavy (non-hydrogen) atoms. The Balaban J connectivity index is 2.33. The molecule has 3 nitrogen and oxygen atoms in total. The molecule has 0 atom stereocenters. The summed E-state index contributed by atoms with van der Waals surface area (Å²) >= 11 is 6.02. The van der Waals surface area contributed by atoms with E-state index in [1.807, 2.05) is 0 Å². The van der Waals surface area contributed by atoms with E-state index in [-0.39, 0.29) is 5.75 Å². The second-order valence-corrected chi connectivity index (χ2v) is 4.05. The topological polar surface area (TPSA) is 46.3 Å². The van der Waals surface area contributed by atoms with Crippen LogP contribution in [0.4, 0.5) is 0 Å². The first-order chi connectivity index (χ1) is 6.75. The van der Waals surface area contributed by atoms with Crippen LogP contribution in [-0.4, -0.2) is 10.3 Å². The van der Waals surface area contributed by atoms with Gasteiger partial charge in [0, 0.05) is 12.0 Å². The number of phenolic OH excluding ortho intramolecular Hbond substituents is 1. The van der Waals surface area contributed by atoms with E-state index in [1.54, 1.807) is 6.07 Å². The third-order valence-electron chi connectivity index (χ3n) is 2.50.